The largest absolute Gasteiger partial charge is 0.385 e. The molecule has 0 bridgehead atoms. The molecule has 150 valence electrons. The van der Waals surface area contributed by atoms with Gasteiger partial charge in [-0.25, -0.2) is 4.68 Å². The summed E-state index contributed by atoms with van der Waals surface area (Å²) in [6, 6.07) is 17.0. The van der Waals surface area contributed by atoms with Gasteiger partial charge in [-0.05, 0) is 24.5 Å². The van der Waals surface area contributed by atoms with E-state index in [4.69, 9.17) is 23.2 Å². The highest BCUT2D eigenvalue weighted by atomic mass is 35.5. The van der Waals surface area contributed by atoms with E-state index in [0.29, 0.717) is 43.2 Å². The van der Waals surface area contributed by atoms with Crippen LogP contribution in [0, 0.1) is 0 Å². The molecule has 2 heterocycles. The van der Waals surface area contributed by atoms with Crippen molar-refractivity contribution < 1.29 is 5.11 Å². The van der Waals surface area contributed by atoms with Gasteiger partial charge < -0.3 is 10.0 Å². The highest BCUT2D eigenvalue weighted by Gasteiger charge is 2.36. The first-order valence-electron chi connectivity index (χ1n) is 9.50. The molecule has 1 aromatic heterocycles. The van der Waals surface area contributed by atoms with E-state index in [0.717, 1.165) is 11.1 Å². The SMILES string of the molecule is O=c1c(Cl)c(N2CCC(O)(c3ccccc3Cl)CC2)cnn1Cc1ccccc1. The Kier molecular flexibility index (Phi) is 5.63. The van der Waals surface area contributed by atoms with Crippen molar-refractivity contribution in [1.82, 2.24) is 9.78 Å². The summed E-state index contributed by atoms with van der Waals surface area (Å²) >= 11 is 12.7. The lowest BCUT2D eigenvalue weighted by molar-refractivity contribution is 0.0118. The Morgan fingerprint density at radius 1 is 1.00 bits per heavy atom. The molecule has 1 saturated heterocycles. The number of benzene rings is 2. The predicted octanol–water partition coefficient (Wildman–Crippen LogP) is 4.09. The topological polar surface area (TPSA) is 58.4 Å². The molecule has 7 heteroatoms. The molecule has 5 nitrogen and oxygen atoms in total. The molecule has 1 N–H and O–H groups in total. The Balaban J connectivity index is 1.52. The second kappa shape index (κ2) is 8.19. The first-order chi connectivity index (χ1) is 14.0. The molecular formula is C22H21Cl2N3O2. The average Bonchev–Trinajstić information content (AvgIpc) is 2.74. The van der Waals surface area contributed by atoms with Crippen LogP contribution in [0.15, 0.2) is 65.6 Å². The highest BCUT2D eigenvalue weighted by molar-refractivity contribution is 6.33. The van der Waals surface area contributed by atoms with Gasteiger partial charge in [-0.15, -0.1) is 0 Å². The summed E-state index contributed by atoms with van der Waals surface area (Å²) in [6.07, 6.45) is 2.60. The van der Waals surface area contributed by atoms with Gasteiger partial charge in [-0.2, -0.15) is 5.10 Å². The second-order valence-corrected chi connectivity index (χ2v) is 8.08. The summed E-state index contributed by atoms with van der Waals surface area (Å²) in [5.41, 5.74) is 1.01. The van der Waals surface area contributed by atoms with Crippen molar-refractivity contribution in [3.63, 3.8) is 0 Å². The minimum atomic E-state index is -0.989. The minimum absolute atomic E-state index is 0.152. The first-order valence-corrected chi connectivity index (χ1v) is 10.3. The molecule has 1 aliphatic rings. The van der Waals surface area contributed by atoms with Crippen molar-refractivity contribution in [2.75, 3.05) is 18.0 Å². The van der Waals surface area contributed by atoms with Crippen LogP contribution >= 0.6 is 23.2 Å². The van der Waals surface area contributed by atoms with Gasteiger partial charge in [0.1, 0.15) is 5.02 Å². The second-order valence-electron chi connectivity index (χ2n) is 7.29. The van der Waals surface area contributed by atoms with Gasteiger partial charge in [-0.3, -0.25) is 4.79 Å². The summed E-state index contributed by atoms with van der Waals surface area (Å²) < 4.78 is 1.37. The number of aromatic nitrogens is 2. The van der Waals surface area contributed by atoms with Crippen LogP contribution in [0.1, 0.15) is 24.0 Å². The summed E-state index contributed by atoms with van der Waals surface area (Å²) in [5.74, 6) is 0. The van der Waals surface area contributed by atoms with E-state index >= 15 is 0 Å². The number of anilines is 1. The molecule has 0 unspecified atom stereocenters. The van der Waals surface area contributed by atoms with Gasteiger partial charge in [0.2, 0.25) is 0 Å². The third-order valence-corrected chi connectivity index (χ3v) is 6.13. The van der Waals surface area contributed by atoms with Gasteiger partial charge in [-0.1, -0.05) is 71.7 Å². The van der Waals surface area contributed by atoms with E-state index in [-0.39, 0.29) is 10.6 Å². The summed E-state index contributed by atoms with van der Waals surface area (Å²) in [4.78, 5) is 14.7. The van der Waals surface area contributed by atoms with Crippen LogP contribution in [0.5, 0.6) is 0 Å². The Hall–Kier alpha value is -2.34. The van der Waals surface area contributed by atoms with Crippen molar-refractivity contribution in [3.05, 3.63) is 92.3 Å². The zero-order chi connectivity index (χ0) is 20.4. The maximum atomic E-state index is 12.7. The number of halogens is 2. The molecule has 1 aliphatic heterocycles. The van der Waals surface area contributed by atoms with E-state index < -0.39 is 5.60 Å². The number of hydrogen-bond donors (Lipinski definition) is 1. The van der Waals surface area contributed by atoms with Crippen molar-refractivity contribution in [2.24, 2.45) is 0 Å². The Morgan fingerprint density at radius 3 is 2.34 bits per heavy atom. The molecule has 3 aromatic rings. The number of hydrogen-bond acceptors (Lipinski definition) is 4. The van der Waals surface area contributed by atoms with E-state index in [1.807, 2.05) is 53.4 Å². The summed E-state index contributed by atoms with van der Waals surface area (Å²) in [6.45, 7) is 1.46. The molecule has 0 amide bonds. The van der Waals surface area contributed by atoms with Crippen molar-refractivity contribution >= 4 is 28.9 Å². The molecule has 4 rings (SSSR count). The maximum Gasteiger partial charge on any atom is 0.287 e. The molecule has 2 aromatic carbocycles. The number of piperidine rings is 1. The van der Waals surface area contributed by atoms with Gasteiger partial charge in [0.15, 0.2) is 0 Å². The van der Waals surface area contributed by atoms with Crippen LogP contribution in [0.25, 0.3) is 0 Å². The molecular weight excluding hydrogens is 409 g/mol. The zero-order valence-electron chi connectivity index (χ0n) is 15.8. The van der Waals surface area contributed by atoms with Gasteiger partial charge in [0, 0.05) is 23.7 Å². The van der Waals surface area contributed by atoms with Crippen LogP contribution in [0.3, 0.4) is 0 Å². The first kappa shape index (κ1) is 20.0. The molecule has 0 saturated carbocycles. The molecule has 0 atom stereocenters. The highest BCUT2D eigenvalue weighted by Crippen LogP contribution is 2.38. The lowest BCUT2D eigenvalue weighted by atomic mass is 9.84. The van der Waals surface area contributed by atoms with Crippen LogP contribution in [0.2, 0.25) is 10.0 Å². The van der Waals surface area contributed by atoms with Crippen LogP contribution in [0.4, 0.5) is 5.69 Å². The normalized spacial score (nSPS) is 16.0. The van der Waals surface area contributed by atoms with Gasteiger partial charge >= 0.3 is 0 Å². The molecule has 29 heavy (non-hydrogen) atoms. The summed E-state index contributed by atoms with van der Waals surface area (Å²) in [7, 11) is 0. The van der Waals surface area contributed by atoms with Crippen molar-refractivity contribution in [3.8, 4) is 0 Å². The zero-order valence-corrected chi connectivity index (χ0v) is 17.3. The standard InChI is InChI=1S/C22H21Cl2N3O2/c23-18-9-5-4-8-17(18)22(29)10-12-26(13-11-22)19-14-25-27(21(28)20(19)24)15-16-6-2-1-3-7-16/h1-9,14,29H,10-13,15H2. The monoisotopic (exact) mass is 429 g/mol. The molecule has 1 fully saturated rings. The fraction of sp³-hybridized carbons (Fsp3) is 0.273. The van der Waals surface area contributed by atoms with E-state index in [1.54, 1.807) is 12.3 Å². The number of rotatable bonds is 4. The average molecular weight is 430 g/mol. The fourth-order valence-corrected chi connectivity index (χ4v) is 4.35. The van der Waals surface area contributed by atoms with Gasteiger partial charge in [0.05, 0.1) is 24.0 Å². The maximum absolute atomic E-state index is 12.7. The lowest BCUT2D eigenvalue weighted by Crippen LogP contribution is -2.43. The minimum Gasteiger partial charge on any atom is -0.385 e. The van der Waals surface area contributed by atoms with E-state index in [2.05, 4.69) is 5.10 Å². The molecule has 0 spiro atoms. The lowest BCUT2D eigenvalue weighted by Gasteiger charge is -2.40. The van der Waals surface area contributed by atoms with Crippen LogP contribution < -0.4 is 10.5 Å². The molecule has 0 radical (unpaired) electrons. The molecule has 0 aliphatic carbocycles. The Labute approximate surface area is 179 Å². The van der Waals surface area contributed by atoms with Crippen molar-refractivity contribution in [1.29, 1.82) is 0 Å². The third-order valence-electron chi connectivity index (χ3n) is 5.45. The Morgan fingerprint density at radius 2 is 1.66 bits per heavy atom. The van der Waals surface area contributed by atoms with E-state index in [9.17, 15) is 9.90 Å². The number of nitrogens with zero attached hydrogens (tertiary/aromatic N) is 3. The Bertz CT molecular complexity index is 1060. The van der Waals surface area contributed by atoms with Gasteiger partial charge in [0.25, 0.3) is 5.56 Å². The smallest absolute Gasteiger partial charge is 0.287 e. The van der Waals surface area contributed by atoms with Crippen molar-refractivity contribution in [2.45, 2.75) is 25.0 Å². The quantitative estimate of drug-likeness (QED) is 0.678. The predicted molar refractivity (Wildman–Crippen MR) is 116 cm³/mol. The number of aliphatic hydroxyl groups is 1. The third kappa shape index (κ3) is 4.04. The van der Waals surface area contributed by atoms with E-state index in [1.165, 1.54) is 4.68 Å². The van der Waals surface area contributed by atoms with Crippen LogP contribution in [-0.2, 0) is 12.1 Å². The summed E-state index contributed by atoms with van der Waals surface area (Å²) in [5, 5.41) is 16.1. The van der Waals surface area contributed by atoms with Crippen LogP contribution in [-0.4, -0.2) is 28.0 Å². The fourth-order valence-electron chi connectivity index (χ4n) is 3.77.